The standard InChI is InChI=1S/C12H10FNO/c13-10(8-15)7-11-6-5-9-3-1-2-4-12(9)14-11/h1-7,15H,8H2/b10-7+. The molecule has 0 spiro atoms. The lowest BCUT2D eigenvalue weighted by atomic mass is 10.2. The van der Waals surface area contributed by atoms with E-state index in [0.29, 0.717) is 5.69 Å². The minimum absolute atomic E-state index is 0.514. The minimum atomic E-state index is -0.589. The van der Waals surface area contributed by atoms with E-state index in [-0.39, 0.29) is 0 Å². The van der Waals surface area contributed by atoms with Gasteiger partial charge in [0.15, 0.2) is 0 Å². The van der Waals surface area contributed by atoms with Crippen LogP contribution in [0.25, 0.3) is 17.0 Å². The molecule has 3 heteroatoms. The summed E-state index contributed by atoms with van der Waals surface area (Å²) in [6.45, 7) is -0.589. The number of rotatable bonds is 2. The molecule has 2 rings (SSSR count). The van der Waals surface area contributed by atoms with Crippen LogP contribution >= 0.6 is 0 Å². The van der Waals surface area contributed by atoms with Crippen LogP contribution in [-0.4, -0.2) is 16.7 Å². The van der Waals surface area contributed by atoms with Crippen molar-refractivity contribution in [3.05, 3.63) is 47.9 Å². The van der Waals surface area contributed by atoms with Crippen LogP contribution < -0.4 is 0 Å². The number of aliphatic hydroxyl groups is 1. The summed E-state index contributed by atoms with van der Waals surface area (Å²) in [5, 5.41) is 9.55. The number of fused-ring (bicyclic) bond motifs is 1. The first-order chi connectivity index (χ1) is 7.29. The number of benzene rings is 1. The normalized spacial score (nSPS) is 12.0. The zero-order valence-electron chi connectivity index (χ0n) is 8.02. The second kappa shape index (κ2) is 4.19. The lowest BCUT2D eigenvalue weighted by Gasteiger charge is -1.98. The third kappa shape index (κ3) is 2.19. The van der Waals surface area contributed by atoms with Gasteiger partial charge in [0, 0.05) is 5.39 Å². The first-order valence-corrected chi connectivity index (χ1v) is 4.62. The molecule has 0 saturated carbocycles. The lowest BCUT2D eigenvalue weighted by molar-refractivity contribution is 0.300. The summed E-state index contributed by atoms with van der Waals surface area (Å²) in [7, 11) is 0. The zero-order chi connectivity index (χ0) is 10.7. The van der Waals surface area contributed by atoms with Gasteiger partial charge in [0.05, 0.1) is 17.8 Å². The number of aromatic nitrogens is 1. The van der Waals surface area contributed by atoms with Crippen LogP contribution in [0.2, 0.25) is 0 Å². The topological polar surface area (TPSA) is 33.1 Å². The van der Waals surface area contributed by atoms with Crippen molar-refractivity contribution in [2.75, 3.05) is 6.61 Å². The highest BCUT2D eigenvalue weighted by atomic mass is 19.1. The van der Waals surface area contributed by atoms with E-state index in [0.717, 1.165) is 10.9 Å². The molecule has 0 aliphatic heterocycles. The number of hydrogen-bond donors (Lipinski definition) is 1. The molecule has 1 heterocycles. The second-order valence-electron chi connectivity index (χ2n) is 3.18. The first kappa shape index (κ1) is 9.80. The summed E-state index contributed by atoms with van der Waals surface area (Å²) >= 11 is 0. The minimum Gasteiger partial charge on any atom is -0.389 e. The third-order valence-corrected chi connectivity index (χ3v) is 2.08. The molecule has 0 radical (unpaired) electrons. The van der Waals surface area contributed by atoms with Crippen LogP contribution in [0.5, 0.6) is 0 Å². The Morgan fingerprint density at radius 3 is 2.87 bits per heavy atom. The number of nitrogens with zero attached hydrogens (tertiary/aromatic N) is 1. The quantitative estimate of drug-likeness (QED) is 0.813. The van der Waals surface area contributed by atoms with Gasteiger partial charge in [-0.05, 0) is 18.2 Å². The van der Waals surface area contributed by atoms with Crippen molar-refractivity contribution in [3.63, 3.8) is 0 Å². The van der Waals surface area contributed by atoms with Crippen molar-refractivity contribution in [1.29, 1.82) is 0 Å². The Morgan fingerprint density at radius 2 is 2.07 bits per heavy atom. The van der Waals surface area contributed by atoms with Crippen LogP contribution in [0.3, 0.4) is 0 Å². The molecule has 0 aliphatic carbocycles. The van der Waals surface area contributed by atoms with Crippen molar-refractivity contribution >= 4 is 17.0 Å². The first-order valence-electron chi connectivity index (χ1n) is 4.62. The number of para-hydroxylation sites is 1. The predicted molar refractivity (Wildman–Crippen MR) is 57.9 cm³/mol. The summed E-state index contributed by atoms with van der Waals surface area (Å²) in [4.78, 5) is 4.24. The summed E-state index contributed by atoms with van der Waals surface area (Å²) in [6.07, 6.45) is 1.23. The van der Waals surface area contributed by atoms with Crippen molar-refractivity contribution in [2.24, 2.45) is 0 Å². The van der Waals surface area contributed by atoms with Crippen LogP contribution in [-0.2, 0) is 0 Å². The van der Waals surface area contributed by atoms with Gasteiger partial charge in [0.2, 0.25) is 0 Å². The molecule has 76 valence electrons. The van der Waals surface area contributed by atoms with Gasteiger partial charge in [0.1, 0.15) is 5.83 Å². The Hall–Kier alpha value is -1.74. The zero-order valence-corrected chi connectivity index (χ0v) is 8.02. The number of hydrogen-bond acceptors (Lipinski definition) is 2. The van der Waals surface area contributed by atoms with E-state index in [1.807, 2.05) is 30.3 Å². The smallest absolute Gasteiger partial charge is 0.127 e. The largest absolute Gasteiger partial charge is 0.389 e. The average molecular weight is 203 g/mol. The van der Waals surface area contributed by atoms with Gasteiger partial charge in [-0.15, -0.1) is 0 Å². The molecule has 0 amide bonds. The van der Waals surface area contributed by atoms with Crippen molar-refractivity contribution in [3.8, 4) is 0 Å². The maximum atomic E-state index is 12.8. The van der Waals surface area contributed by atoms with E-state index < -0.39 is 12.4 Å². The molecule has 0 bridgehead atoms. The molecule has 0 unspecified atom stereocenters. The van der Waals surface area contributed by atoms with Gasteiger partial charge in [0.25, 0.3) is 0 Å². The summed E-state index contributed by atoms with van der Waals surface area (Å²) in [6, 6.07) is 11.2. The third-order valence-electron chi connectivity index (χ3n) is 2.08. The molecule has 0 aliphatic rings. The molecule has 2 nitrogen and oxygen atoms in total. The van der Waals surface area contributed by atoms with E-state index in [1.54, 1.807) is 6.07 Å². The van der Waals surface area contributed by atoms with Gasteiger partial charge in [-0.1, -0.05) is 24.3 Å². The Balaban J connectivity index is 2.47. The van der Waals surface area contributed by atoms with Gasteiger partial charge >= 0.3 is 0 Å². The van der Waals surface area contributed by atoms with E-state index in [1.165, 1.54) is 6.08 Å². The highest BCUT2D eigenvalue weighted by Crippen LogP contribution is 2.13. The molecular formula is C12H10FNO. The monoisotopic (exact) mass is 203 g/mol. The van der Waals surface area contributed by atoms with Gasteiger partial charge in [-0.3, -0.25) is 0 Å². The van der Waals surface area contributed by atoms with E-state index >= 15 is 0 Å². The molecule has 1 aromatic carbocycles. The van der Waals surface area contributed by atoms with E-state index in [2.05, 4.69) is 4.98 Å². The molecule has 0 fully saturated rings. The maximum Gasteiger partial charge on any atom is 0.127 e. The van der Waals surface area contributed by atoms with Crippen molar-refractivity contribution in [2.45, 2.75) is 0 Å². The Kier molecular flexibility index (Phi) is 2.74. The fraction of sp³-hybridized carbons (Fsp3) is 0.0833. The van der Waals surface area contributed by atoms with E-state index in [9.17, 15) is 4.39 Å². The summed E-state index contributed by atoms with van der Waals surface area (Å²) in [5.74, 6) is -0.585. The molecule has 0 atom stereocenters. The summed E-state index contributed by atoms with van der Waals surface area (Å²) < 4.78 is 12.8. The second-order valence-corrected chi connectivity index (χ2v) is 3.18. The molecule has 0 saturated heterocycles. The van der Waals surface area contributed by atoms with Gasteiger partial charge in [-0.2, -0.15) is 0 Å². The highest BCUT2D eigenvalue weighted by molar-refractivity contribution is 5.79. The lowest BCUT2D eigenvalue weighted by Crippen LogP contribution is -1.86. The molecule has 15 heavy (non-hydrogen) atoms. The van der Waals surface area contributed by atoms with Gasteiger partial charge < -0.3 is 5.11 Å². The van der Waals surface area contributed by atoms with Crippen LogP contribution in [0, 0.1) is 0 Å². The molecule has 1 aromatic heterocycles. The summed E-state index contributed by atoms with van der Waals surface area (Å²) in [5.41, 5.74) is 1.33. The van der Waals surface area contributed by atoms with Crippen molar-refractivity contribution < 1.29 is 9.50 Å². The average Bonchev–Trinajstić information content (AvgIpc) is 2.29. The maximum absolute atomic E-state index is 12.8. The van der Waals surface area contributed by atoms with Crippen LogP contribution in [0.15, 0.2) is 42.2 Å². The molecule has 1 N–H and O–H groups in total. The van der Waals surface area contributed by atoms with Crippen molar-refractivity contribution in [1.82, 2.24) is 4.98 Å². The fourth-order valence-corrected chi connectivity index (χ4v) is 1.37. The molecule has 2 aromatic rings. The highest BCUT2D eigenvalue weighted by Gasteiger charge is 1.97. The van der Waals surface area contributed by atoms with Crippen LogP contribution in [0.4, 0.5) is 4.39 Å². The van der Waals surface area contributed by atoms with E-state index in [4.69, 9.17) is 5.11 Å². The number of pyridine rings is 1. The SMILES string of the molecule is OC/C(F)=C\c1ccc2ccccc2n1. The number of aliphatic hydroxyl groups excluding tert-OH is 1. The Morgan fingerprint density at radius 1 is 1.27 bits per heavy atom. The predicted octanol–water partition coefficient (Wildman–Crippen LogP) is 2.54. The fourth-order valence-electron chi connectivity index (χ4n) is 1.37. The van der Waals surface area contributed by atoms with Gasteiger partial charge in [-0.25, -0.2) is 9.37 Å². The Bertz CT molecular complexity index is 508. The molecular weight excluding hydrogens is 193 g/mol. The van der Waals surface area contributed by atoms with Crippen LogP contribution in [0.1, 0.15) is 5.69 Å². The Labute approximate surface area is 86.7 Å². The number of halogens is 1.